The van der Waals surface area contributed by atoms with Crippen molar-refractivity contribution >= 4 is 6.09 Å². The Morgan fingerprint density at radius 2 is 1.87 bits per heavy atom. The highest BCUT2D eigenvalue weighted by atomic mass is 16.5. The van der Waals surface area contributed by atoms with Crippen molar-refractivity contribution in [3.63, 3.8) is 0 Å². The Hall–Kier alpha value is -3.90. The monoisotopic (exact) mass is 517 g/mol. The number of aromatic nitrogens is 2. The number of amides is 1. The van der Waals surface area contributed by atoms with E-state index in [-0.39, 0.29) is 12.2 Å². The predicted octanol–water partition coefficient (Wildman–Crippen LogP) is 4.85. The molecule has 0 spiro atoms. The van der Waals surface area contributed by atoms with E-state index in [1.807, 2.05) is 39.8 Å². The number of benzene rings is 2. The van der Waals surface area contributed by atoms with E-state index in [0.717, 1.165) is 38.0 Å². The third kappa shape index (κ3) is 7.11. The molecule has 0 aliphatic carbocycles. The lowest BCUT2D eigenvalue weighted by Gasteiger charge is -2.19. The van der Waals surface area contributed by atoms with Gasteiger partial charge in [0.25, 0.3) is 5.89 Å². The summed E-state index contributed by atoms with van der Waals surface area (Å²) in [5.41, 5.74) is 4.56. The summed E-state index contributed by atoms with van der Waals surface area (Å²) < 4.78 is 16.4. The smallest absolute Gasteiger partial charge is 0.407 e. The highest BCUT2D eigenvalue weighted by Gasteiger charge is 2.18. The van der Waals surface area contributed by atoms with Crippen LogP contribution in [0.2, 0.25) is 0 Å². The van der Waals surface area contributed by atoms with Crippen LogP contribution in [-0.4, -0.2) is 60.0 Å². The number of nitriles is 1. The molecule has 1 aliphatic rings. The average Bonchev–Trinajstić information content (AvgIpc) is 3.30. The highest BCUT2D eigenvalue weighted by Crippen LogP contribution is 2.29. The molecule has 0 unspecified atom stereocenters. The molecule has 0 bridgehead atoms. The van der Waals surface area contributed by atoms with Crippen molar-refractivity contribution in [3.8, 4) is 34.7 Å². The molecular formula is C29H35N5O4. The lowest BCUT2D eigenvalue weighted by molar-refractivity contribution is 0.131. The summed E-state index contributed by atoms with van der Waals surface area (Å²) in [4.78, 5) is 18.7. The first-order valence-corrected chi connectivity index (χ1v) is 13.1. The Morgan fingerprint density at radius 1 is 1.11 bits per heavy atom. The van der Waals surface area contributed by atoms with Crippen LogP contribution < -0.4 is 10.1 Å². The molecule has 1 amide bonds. The van der Waals surface area contributed by atoms with Crippen LogP contribution in [0.4, 0.5) is 4.79 Å². The molecule has 2 aromatic carbocycles. The van der Waals surface area contributed by atoms with Gasteiger partial charge in [-0.25, -0.2) is 4.79 Å². The van der Waals surface area contributed by atoms with Crippen LogP contribution in [0.25, 0.3) is 22.8 Å². The van der Waals surface area contributed by atoms with Gasteiger partial charge in [0.05, 0.1) is 18.3 Å². The van der Waals surface area contributed by atoms with Crippen molar-refractivity contribution < 1.29 is 18.8 Å². The van der Waals surface area contributed by atoms with E-state index in [1.165, 1.54) is 11.1 Å². The number of nitrogens with zero attached hydrogens (tertiary/aromatic N) is 4. The second-order valence-corrected chi connectivity index (χ2v) is 10.2. The first kappa shape index (κ1) is 27.1. The number of hydrogen-bond donors (Lipinski definition) is 1. The van der Waals surface area contributed by atoms with Crippen molar-refractivity contribution in [2.75, 3.05) is 32.8 Å². The van der Waals surface area contributed by atoms with Gasteiger partial charge in [-0.3, -0.25) is 0 Å². The number of hydrogen-bond acceptors (Lipinski definition) is 8. The molecule has 4 rings (SSSR count). The van der Waals surface area contributed by atoms with E-state index in [4.69, 9.17) is 14.0 Å². The lowest BCUT2D eigenvalue weighted by atomic mass is 10.00. The Bertz CT molecular complexity index is 1290. The van der Waals surface area contributed by atoms with Gasteiger partial charge in [0.15, 0.2) is 0 Å². The Balaban J connectivity index is 1.38. The minimum absolute atomic E-state index is 0.0294. The number of carbonyl (C=O) groups is 1. The van der Waals surface area contributed by atoms with Gasteiger partial charge < -0.3 is 24.2 Å². The number of alkyl carbamates (subject to hydrolysis) is 1. The Morgan fingerprint density at radius 3 is 2.61 bits per heavy atom. The molecule has 1 N–H and O–H groups in total. The molecule has 0 atom stereocenters. The van der Waals surface area contributed by atoms with Crippen LogP contribution in [-0.2, 0) is 17.6 Å². The SMILES string of the molecule is CC(C)COC(=O)NCCN1CCc2ccc(-c3noc(-c4ccc(OC(C)C)c(C#N)c4)n3)cc2CC1. The maximum absolute atomic E-state index is 11.8. The normalized spacial score (nSPS) is 13.6. The third-order valence-electron chi connectivity index (χ3n) is 6.24. The van der Waals surface area contributed by atoms with E-state index in [0.29, 0.717) is 47.7 Å². The molecule has 200 valence electrons. The summed E-state index contributed by atoms with van der Waals surface area (Å²) in [6, 6.07) is 13.8. The largest absolute Gasteiger partial charge is 0.490 e. The summed E-state index contributed by atoms with van der Waals surface area (Å²) >= 11 is 0. The first-order chi connectivity index (χ1) is 18.3. The zero-order valence-electron chi connectivity index (χ0n) is 22.5. The lowest BCUT2D eigenvalue weighted by Crippen LogP contribution is -2.36. The molecule has 1 aliphatic heterocycles. The predicted molar refractivity (Wildman–Crippen MR) is 144 cm³/mol. The number of fused-ring (bicyclic) bond motifs is 1. The summed E-state index contributed by atoms with van der Waals surface area (Å²) in [5, 5.41) is 16.6. The molecule has 1 aromatic heterocycles. The van der Waals surface area contributed by atoms with E-state index < -0.39 is 0 Å². The molecule has 0 fully saturated rings. The molecule has 38 heavy (non-hydrogen) atoms. The van der Waals surface area contributed by atoms with Gasteiger partial charge >= 0.3 is 6.09 Å². The minimum atomic E-state index is -0.357. The van der Waals surface area contributed by atoms with Gasteiger partial charge in [0.2, 0.25) is 5.82 Å². The van der Waals surface area contributed by atoms with Crippen LogP contribution in [0.1, 0.15) is 44.4 Å². The topological polar surface area (TPSA) is 114 Å². The number of ether oxygens (including phenoxy) is 2. The van der Waals surface area contributed by atoms with Crippen molar-refractivity contribution in [3.05, 3.63) is 53.1 Å². The van der Waals surface area contributed by atoms with E-state index in [1.54, 1.807) is 12.1 Å². The standard InChI is InChI=1S/C29H35N5O4/c1-19(2)18-36-29(35)31-11-14-34-12-9-21-5-6-23(15-22(21)10-13-34)27-32-28(38-33-27)24-7-8-26(37-20(3)4)25(16-24)17-30/h5-8,15-16,19-20H,9-14,18H2,1-4H3,(H,31,35). The molecule has 3 aromatic rings. The summed E-state index contributed by atoms with van der Waals surface area (Å²) in [7, 11) is 0. The molecule has 9 nitrogen and oxygen atoms in total. The second kappa shape index (κ2) is 12.6. The van der Waals surface area contributed by atoms with Crippen LogP contribution in [0.15, 0.2) is 40.9 Å². The Kier molecular flexibility index (Phi) is 8.98. The van der Waals surface area contributed by atoms with Gasteiger partial charge in [0, 0.05) is 37.3 Å². The average molecular weight is 518 g/mol. The summed E-state index contributed by atoms with van der Waals surface area (Å²) in [5.74, 6) is 1.72. The molecular weight excluding hydrogens is 482 g/mol. The van der Waals surface area contributed by atoms with Crippen molar-refractivity contribution in [2.45, 2.75) is 46.6 Å². The number of rotatable bonds is 9. The fourth-order valence-corrected chi connectivity index (χ4v) is 4.31. The van der Waals surface area contributed by atoms with Crippen molar-refractivity contribution in [2.24, 2.45) is 5.92 Å². The van der Waals surface area contributed by atoms with Gasteiger partial charge in [-0.05, 0) is 68.0 Å². The maximum Gasteiger partial charge on any atom is 0.407 e. The number of carbonyl (C=O) groups excluding carboxylic acids is 1. The van der Waals surface area contributed by atoms with Gasteiger partial charge in [0.1, 0.15) is 11.8 Å². The second-order valence-electron chi connectivity index (χ2n) is 10.2. The van der Waals surface area contributed by atoms with Crippen LogP contribution in [0, 0.1) is 17.2 Å². The molecule has 0 saturated heterocycles. The highest BCUT2D eigenvalue weighted by molar-refractivity contribution is 5.67. The number of nitrogens with one attached hydrogen (secondary N) is 1. The molecule has 0 radical (unpaired) electrons. The zero-order valence-corrected chi connectivity index (χ0v) is 22.5. The summed E-state index contributed by atoms with van der Waals surface area (Å²) in [6.07, 6.45) is 1.45. The quantitative estimate of drug-likeness (QED) is 0.429. The van der Waals surface area contributed by atoms with E-state index in [9.17, 15) is 10.1 Å². The van der Waals surface area contributed by atoms with Crippen LogP contribution in [0.3, 0.4) is 0 Å². The van der Waals surface area contributed by atoms with E-state index in [2.05, 4.69) is 38.6 Å². The molecule has 9 heteroatoms. The van der Waals surface area contributed by atoms with Gasteiger partial charge in [-0.2, -0.15) is 10.2 Å². The third-order valence-corrected chi connectivity index (χ3v) is 6.24. The summed E-state index contributed by atoms with van der Waals surface area (Å²) in [6.45, 7) is 11.5. The fraction of sp³-hybridized carbons (Fsp3) is 0.448. The van der Waals surface area contributed by atoms with Crippen LogP contribution >= 0.6 is 0 Å². The fourth-order valence-electron chi connectivity index (χ4n) is 4.31. The van der Waals surface area contributed by atoms with Gasteiger partial charge in [-0.15, -0.1) is 0 Å². The van der Waals surface area contributed by atoms with E-state index >= 15 is 0 Å². The minimum Gasteiger partial charge on any atom is -0.490 e. The zero-order chi connectivity index (χ0) is 27.1. The van der Waals surface area contributed by atoms with Crippen molar-refractivity contribution in [1.29, 1.82) is 5.26 Å². The Labute approximate surface area is 223 Å². The van der Waals surface area contributed by atoms with Crippen molar-refractivity contribution in [1.82, 2.24) is 20.4 Å². The van der Waals surface area contributed by atoms with Crippen LogP contribution in [0.5, 0.6) is 5.75 Å². The molecule has 2 heterocycles. The maximum atomic E-state index is 11.8. The molecule has 0 saturated carbocycles. The van der Waals surface area contributed by atoms with Gasteiger partial charge in [-0.1, -0.05) is 31.1 Å². The first-order valence-electron chi connectivity index (χ1n) is 13.1.